The summed E-state index contributed by atoms with van der Waals surface area (Å²) in [6.07, 6.45) is 0. The number of fused-ring (bicyclic) bond motifs is 2. The zero-order valence-electron chi connectivity index (χ0n) is 33.4. The van der Waals surface area contributed by atoms with Crippen LogP contribution in [0.3, 0.4) is 0 Å². The summed E-state index contributed by atoms with van der Waals surface area (Å²) in [5.41, 5.74) is 8.26. The van der Waals surface area contributed by atoms with Crippen LogP contribution >= 0.6 is 0 Å². The monoisotopic (exact) mass is 844 g/mol. The van der Waals surface area contributed by atoms with Crippen LogP contribution in [0.4, 0.5) is 0 Å². The molecule has 0 amide bonds. The number of rotatable bonds is 4. The Morgan fingerprint density at radius 1 is 0.440 bits per heavy atom. The summed E-state index contributed by atoms with van der Waals surface area (Å²) in [6, 6.07) is 42.5. The molecule has 0 heterocycles. The molecule has 0 aliphatic heterocycles. The molecular formula is C48H60HfSi. The van der Waals surface area contributed by atoms with Crippen molar-refractivity contribution in [2.45, 2.75) is 104 Å². The summed E-state index contributed by atoms with van der Waals surface area (Å²) in [5.74, 6) is 0. The topological polar surface area (TPSA) is 0 Å². The normalized spacial score (nSPS) is 12.7. The van der Waals surface area contributed by atoms with E-state index < -0.39 is 8.07 Å². The van der Waals surface area contributed by atoms with Crippen LogP contribution in [0.1, 0.15) is 94.2 Å². The van der Waals surface area contributed by atoms with Crippen LogP contribution < -0.4 is 10.4 Å². The minimum Gasteiger partial charge on any atom is -0.358 e. The molecule has 0 saturated heterocycles. The van der Waals surface area contributed by atoms with Crippen LogP contribution in [0.2, 0.25) is 10.1 Å². The van der Waals surface area contributed by atoms with E-state index in [0.29, 0.717) is 0 Å². The van der Waals surface area contributed by atoms with Gasteiger partial charge >= 0.3 is 25.8 Å². The predicted molar refractivity (Wildman–Crippen MR) is 225 cm³/mol. The molecule has 50 heavy (non-hydrogen) atoms. The molecule has 0 unspecified atom stereocenters. The first kappa shape index (κ1) is 41.6. The molecule has 0 fully saturated rings. The van der Waals surface area contributed by atoms with Gasteiger partial charge in [-0.3, -0.25) is 0 Å². The van der Waals surface area contributed by atoms with Gasteiger partial charge in [-0.15, -0.1) is 68.3 Å². The molecule has 6 rings (SSSR count). The van der Waals surface area contributed by atoms with Gasteiger partial charge in [-0.1, -0.05) is 155 Å². The Labute approximate surface area is 325 Å². The maximum atomic E-state index is 2.58. The van der Waals surface area contributed by atoms with E-state index in [2.05, 4.69) is 192 Å². The van der Waals surface area contributed by atoms with Gasteiger partial charge < -0.3 is 14.9 Å². The molecule has 0 bridgehead atoms. The van der Waals surface area contributed by atoms with Crippen molar-refractivity contribution in [3.63, 3.8) is 0 Å². The van der Waals surface area contributed by atoms with Crippen LogP contribution in [-0.2, 0) is 36.7 Å². The molecule has 6 aromatic carbocycles. The molecule has 0 nitrogen and oxygen atoms in total. The Morgan fingerprint density at radius 2 is 0.760 bits per heavy atom. The summed E-state index contributed by atoms with van der Waals surface area (Å²) in [4.78, 5) is 0. The molecule has 2 heteroatoms. The largest absolute Gasteiger partial charge is 4.00 e. The van der Waals surface area contributed by atoms with Crippen molar-refractivity contribution >= 4 is 40.0 Å². The first-order chi connectivity index (χ1) is 21.8. The molecule has 0 N–H and O–H groups in total. The third-order valence-electron chi connectivity index (χ3n) is 10.7. The summed E-state index contributed by atoms with van der Waals surface area (Å²) < 4.78 is 0. The van der Waals surface area contributed by atoms with Gasteiger partial charge in [-0.25, -0.2) is 0 Å². The molecule has 0 aromatic heterocycles. The van der Waals surface area contributed by atoms with E-state index in [1.807, 2.05) is 0 Å². The number of hydrogen-bond donors (Lipinski definition) is 0. The van der Waals surface area contributed by atoms with E-state index in [4.69, 9.17) is 0 Å². The second kappa shape index (κ2) is 14.3. The Morgan fingerprint density at radius 3 is 1.04 bits per heavy atom. The third kappa shape index (κ3) is 7.14. The number of benzene rings is 4. The first-order valence-electron chi connectivity index (χ1n) is 17.4. The fourth-order valence-electron chi connectivity index (χ4n) is 8.73. The van der Waals surface area contributed by atoms with Crippen LogP contribution in [0.25, 0.3) is 43.8 Å². The van der Waals surface area contributed by atoms with Crippen LogP contribution in [0.5, 0.6) is 0 Å². The summed E-state index contributed by atoms with van der Waals surface area (Å²) in [6.45, 7) is 28.7. The average Bonchev–Trinajstić information content (AvgIpc) is 3.60. The van der Waals surface area contributed by atoms with Gasteiger partial charge in [0, 0.05) is 0 Å². The third-order valence-corrected chi connectivity index (χ3v) is 17.6. The minimum absolute atomic E-state index is 0. The smallest absolute Gasteiger partial charge is 0.358 e. The van der Waals surface area contributed by atoms with E-state index >= 15 is 0 Å². The maximum Gasteiger partial charge on any atom is 4.00 e. The van der Waals surface area contributed by atoms with E-state index in [0.717, 1.165) is 0 Å². The quantitative estimate of drug-likeness (QED) is 0.123. The molecule has 0 atom stereocenters. The van der Waals surface area contributed by atoms with Crippen molar-refractivity contribution in [1.29, 1.82) is 0 Å². The molecule has 0 aliphatic carbocycles. The van der Waals surface area contributed by atoms with Crippen LogP contribution in [0.15, 0.2) is 109 Å². The first-order valence-corrected chi connectivity index (χ1v) is 19.4. The SMILES string of the molecule is CC(C)(C)c1ccc(-c2cccc3[cH-]c([Si](c4cc5c(-c6ccc(C(C)(C)C)cc6)cccc5[cH-]4)(C(C)(C)C)C(C)(C)C)cc23)cc1.[CH3-].[CH3-].[Hf+4]. The fraction of sp³-hybridized carbons (Fsp3) is 0.333. The zero-order chi connectivity index (χ0) is 34.2. The Balaban J connectivity index is 0.00000225. The standard InChI is InChI=1S/C46H54Si.2CH3.Hf/c1-43(2,3)35-23-19-31(20-24-35)39-17-13-15-33-27-37(29-41(33)39)47(45(7,8)9,46(10,11)12)38-28-34-16-14-18-40(42(34)30-38)32-21-25-36(26-22-32)44(4,5)6;;;/h13-30H,1-12H3;2*1H3;/q-2;2*-1;+4. The molecule has 260 valence electrons. The van der Waals surface area contributed by atoms with Gasteiger partial charge in [0.2, 0.25) is 0 Å². The minimum atomic E-state index is -2.43. The van der Waals surface area contributed by atoms with Crippen molar-refractivity contribution in [3.8, 4) is 22.3 Å². The summed E-state index contributed by atoms with van der Waals surface area (Å²) >= 11 is 0. The second-order valence-corrected chi connectivity index (χ2v) is 23.7. The van der Waals surface area contributed by atoms with E-state index in [-0.39, 0.29) is 61.6 Å². The molecule has 0 saturated carbocycles. The van der Waals surface area contributed by atoms with Gasteiger partial charge in [0.05, 0.1) is 8.07 Å². The summed E-state index contributed by atoms with van der Waals surface area (Å²) in [5, 5.41) is 8.65. The zero-order valence-corrected chi connectivity index (χ0v) is 38.0. The summed E-state index contributed by atoms with van der Waals surface area (Å²) in [7, 11) is -2.43. The van der Waals surface area contributed by atoms with E-state index in [1.54, 1.807) is 0 Å². The van der Waals surface area contributed by atoms with Crippen LogP contribution in [-0.4, -0.2) is 8.07 Å². The van der Waals surface area contributed by atoms with Gasteiger partial charge in [-0.2, -0.15) is 12.1 Å². The Hall–Kier alpha value is -2.81. The van der Waals surface area contributed by atoms with Crippen molar-refractivity contribution in [3.05, 3.63) is 135 Å². The average molecular weight is 844 g/mol. The van der Waals surface area contributed by atoms with Gasteiger partial charge in [-0.05, 0) is 43.2 Å². The Bertz CT molecular complexity index is 1890. The van der Waals surface area contributed by atoms with Gasteiger partial charge in [0.25, 0.3) is 0 Å². The molecule has 0 aliphatic rings. The molecule has 6 aromatic rings. The molecule has 0 radical (unpaired) electrons. The Kier molecular flexibility index (Phi) is 11.9. The van der Waals surface area contributed by atoms with Crippen molar-refractivity contribution < 1.29 is 25.8 Å². The van der Waals surface area contributed by atoms with E-state index in [9.17, 15) is 0 Å². The number of hydrogen-bond acceptors (Lipinski definition) is 0. The van der Waals surface area contributed by atoms with Crippen LogP contribution in [0, 0.1) is 14.9 Å². The van der Waals surface area contributed by atoms with Crippen molar-refractivity contribution in [2.75, 3.05) is 0 Å². The van der Waals surface area contributed by atoms with E-state index in [1.165, 1.54) is 65.3 Å². The van der Waals surface area contributed by atoms with Crippen molar-refractivity contribution in [2.24, 2.45) is 0 Å². The fourth-order valence-corrected chi connectivity index (χ4v) is 16.2. The molecule has 0 spiro atoms. The van der Waals surface area contributed by atoms with Gasteiger partial charge in [0.15, 0.2) is 0 Å². The molecular weight excluding hydrogens is 783 g/mol. The van der Waals surface area contributed by atoms with Gasteiger partial charge in [0.1, 0.15) is 0 Å². The predicted octanol–water partition coefficient (Wildman–Crippen LogP) is 13.4. The maximum absolute atomic E-state index is 2.58. The van der Waals surface area contributed by atoms with Crippen molar-refractivity contribution in [1.82, 2.24) is 0 Å². The second-order valence-electron chi connectivity index (χ2n) is 18.0.